The predicted octanol–water partition coefficient (Wildman–Crippen LogP) is 2.52. The first-order valence-corrected chi connectivity index (χ1v) is 6.79. The molecule has 0 radical (unpaired) electrons. The van der Waals surface area contributed by atoms with E-state index in [0.29, 0.717) is 29.5 Å². The van der Waals surface area contributed by atoms with Crippen LogP contribution in [0.4, 0.5) is 11.5 Å². The maximum absolute atomic E-state index is 11.3. The van der Waals surface area contributed by atoms with Crippen molar-refractivity contribution in [3.63, 3.8) is 0 Å². The lowest BCUT2D eigenvalue weighted by Crippen LogP contribution is -2.36. The molecule has 104 valence electrons. The van der Waals surface area contributed by atoms with E-state index >= 15 is 0 Å². The van der Waals surface area contributed by atoms with Crippen LogP contribution in [0.15, 0.2) is 24.4 Å². The summed E-state index contributed by atoms with van der Waals surface area (Å²) in [5.74, 6) is -0.182. The van der Waals surface area contributed by atoms with E-state index in [1.54, 1.807) is 18.3 Å². The molecule has 5 nitrogen and oxygen atoms in total. The Morgan fingerprint density at radius 3 is 3.00 bits per heavy atom. The summed E-state index contributed by atoms with van der Waals surface area (Å²) in [6.45, 7) is 0.676. The Labute approximate surface area is 121 Å². The number of nitrogens with two attached hydrogens (primary N) is 1. The van der Waals surface area contributed by atoms with Gasteiger partial charge >= 0.3 is 5.97 Å². The number of carbonyl (C=O) groups is 1. The number of hydrogen-bond donors (Lipinski definition) is 2. The molecule has 1 fully saturated rings. The zero-order valence-electron chi connectivity index (χ0n) is 10.7. The monoisotopic (exact) mass is 291 g/mol. The minimum absolute atomic E-state index is 0.523. The Hall–Kier alpha value is -2.01. The number of carboxylic acids is 1. The summed E-state index contributed by atoms with van der Waals surface area (Å²) in [5, 5.41) is 11.5. The van der Waals surface area contributed by atoms with Gasteiger partial charge in [0.15, 0.2) is 0 Å². The first kappa shape index (κ1) is 13.0. The molecule has 1 aliphatic heterocycles. The Morgan fingerprint density at radius 2 is 2.25 bits per heavy atom. The number of aliphatic carboxylic acids is 1. The van der Waals surface area contributed by atoms with Crippen LogP contribution in [0.3, 0.4) is 0 Å². The zero-order chi connectivity index (χ0) is 14.3. The second-order valence-corrected chi connectivity index (χ2v) is 5.35. The topological polar surface area (TPSA) is 79.5 Å². The molecule has 3 rings (SSSR count). The molecular formula is C14H14ClN3O2. The van der Waals surface area contributed by atoms with Crippen LogP contribution in [0.1, 0.15) is 12.8 Å². The van der Waals surface area contributed by atoms with Crippen molar-refractivity contribution < 1.29 is 9.90 Å². The highest BCUT2D eigenvalue weighted by atomic mass is 35.5. The molecule has 1 unspecified atom stereocenters. The number of benzene rings is 1. The van der Waals surface area contributed by atoms with Crippen LogP contribution >= 0.6 is 11.6 Å². The first-order valence-electron chi connectivity index (χ1n) is 6.41. The van der Waals surface area contributed by atoms with Crippen LogP contribution in [-0.4, -0.2) is 28.6 Å². The highest BCUT2D eigenvalue weighted by molar-refractivity contribution is 6.32. The summed E-state index contributed by atoms with van der Waals surface area (Å²) >= 11 is 6.06. The Kier molecular flexibility index (Phi) is 3.14. The van der Waals surface area contributed by atoms with Crippen molar-refractivity contribution in [2.24, 2.45) is 0 Å². The number of hydrogen-bond acceptors (Lipinski definition) is 4. The second kappa shape index (κ2) is 4.83. The maximum atomic E-state index is 11.3. The summed E-state index contributed by atoms with van der Waals surface area (Å²) in [6, 6.07) is 4.75. The molecule has 20 heavy (non-hydrogen) atoms. The van der Waals surface area contributed by atoms with Crippen molar-refractivity contribution in [2.75, 3.05) is 17.2 Å². The number of carboxylic acid groups (broad SMARTS) is 1. The largest absolute Gasteiger partial charge is 0.480 e. The van der Waals surface area contributed by atoms with Gasteiger partial charge in [0, 0.05) is 34.2 Å². The molecule has 1 aliphatic rings. The third-order valence-electron chi connectivity index (χ3n) is 3.67. The quantitative estimate of drug-likeness (QED) is 0.831. The molecule has 0 spiro atoms. The van der Waals surface area contributed by atoms with Crippen molar-refractivity contribution in [3.8, 4) is 0 Å². The molecule has 1 saturated heterocycles. The number of pyridine rings is 1. The molecule has 0 saturated carbocycles. The van der Waals surface area contributed by atoms with E-state index in [4.69, 9.17) is 17.3 Å². The van der Waals surface area contributed by atoms with Crippen LogP contribution < -0.4 is 10.6 Å². The number of rotatable bonds is 2. The molecule has 2 heterocycles. The van der Waals surface area contributed by atoms with E-state index < -0.39 is 12.0 Å². The summed E-state index contributed by atoms with van der Waals surface area (Å²) in [5.41, 5.74) is 6.54. The lowest BCUT2D eigenvalue weighted by Gasteiger charge is -2.24. The van der Waals surface area contributed by atoms with Crippen molar-refractivity contribution >= 4 is 39.8 Å². The number of nitrogens with zero attached hydrogens (tertiary/aromatic N) is 2. The lowest BCUT2D eigenvalue weighted by molar-refractivity contribution is -0.138. The van der Waals surface area contributed by atoms with Gasteiger partial charge in [-0.15, -0.1) is 0 Å². The number of aromatic nitrogens is 1. The third-order valence-corrected chi connectivity index (χ3v) is 3.88. The second-order valence-electron chi connectivity index (χ2n) is 4.91. The molecule has 1 aromatic carbocycles. The van der Waals surface area contributed by atoms with Gasteiger partial charge in [0.05, 0.1) is 0 Å². The van der Waals surface area contributed by atoms with E-state index in [2.05, 4.69) is 4.98 Å². The molecule has 3 N–H and O–H groups in total. The molecule has 1 atom stereocenters. The van der Waals surface area contributed by atoms with Crippen LogP contribution in [0.25, 0.3) is 10.8 Å². The molecule has 0 bridgehead atoms. The van der Waals surface area contributed by atoms with Crippen LogP contribution in [-0.2, 0) is 4.79 Å². The summed E-state index contributed by atoms with van der Waals surface area (Å²) in [4.78, 5) is 17.5. The SMILES string of the molecule is Nc1cc(Cl)cc2c(N3CCCC3C(=O)O)nccc12. The summed E-state index contributed by atoms with van der Waals surface area (Å²) < 4.78 is 0. The highest BCUT2D eigenvalue weighted by Crippen LogP contribution is 2.34. The molecule has 1 aromatic heterocycles. The summed E-state index contributed by atoms with van der Waals surface area (Å²) in [6.07, 6.45) is 3.12. The van der Waals surface area contributed by atoms with Gasteiger partial charge in [-0.3, -0.25) is 0 Å². The average Bonchev–Trinajstić information content (AvgIpc) is 2.87. The van der Waals surface area contributed by atoms with Gasteiger partial charge in [0.25, 0.3) is 0 Å². The lowest BCUT2D eigenvalue weighted by atomic mass is 10.1. The Morgan fingerprint density at radius 1 is 1.45 bits per heavy atom. The molecular weight excluding hydrogens is 278 g/mol. The van der Waals surface area contributed by atoms with Crippen LogP contribution in [0.5, 0.6) is 0 Å². The minimum atomic E-state index is -0.823. The van der Waals surface area contributed by atoms with Crippen LogP contribution in [0, 0.1) is 0 Å². The molecule has 6 heteroatoms. The van der Waals surface area contributed by atoms with E-state index in [1.165, 1.54) is 0 Å². The molecule has 0 amide bonds. The Bertz CT molecular complexity index is 689. The fourth-order valence-electron chi connectivity index (χ4n) is 2.77. The van der Waals surface area contributed by atoms with Gasteiger partial charge in [-0.25, -0.2) is 9.78 Å². The van der Waals surface area contributed by atoms with Crippen molar-refractivity contribution in [3.05, 3.63) is 29.4 Å². The molecule has 2 aromatic rings. The average molecular weight is 292 g/mol. The summed E-state index contributed by atoms with van der Waals surface area (Å²) in [7, 11) is 0. The van der Waals surface area contributed by atoms with Gasteiger partial charge in [-0.05, 0) is 31.0 Å². The fraction of sp³-hybridized carbons (Fsp3) is 0.286. The van der Waals surface area contributed by atoms with Crippen molar-refractivity contribution in [1.29, 1.82) is 0 Å². The van der Waals surface area contributed by atoms with E-state index in [0.717, 1.165) is 17.2 Å². The van der Waals surface area contributed by atoms with Gasteiger partial charge in [0.2, 0.25) is 0 Å². The van der Waals surface area contributed by atoms with E-state index in [9.17, 15) is 9.90 Å². The Balaban J connectivity index is 2.19. The third kappa shape index (κ3) is 2.04. The fourth-order valence-corrected chi connectivity index (χ4v) is 2.99. The number of halogens is 1. The van der Waals surface area contributed by atoms with Gasteiger partial charge in [-0.2, -0.15) is 0 Å². The normalized spacial score (nSPS) is 18.6. The van der Waals surface area contributed by atoms with Gasteiger partial charge < -0.3 is 15.7 Å². The minimum Gasteiger partial charge on any atom is -0.480 e. The van der Waals surface area contributed by atoms with E-state index in [-0.39, 0.29) is 0 Å². The smallest absolute Gasteiger partial charge is 0.326 e. The van der Waals surface area contributed by atoms with Crippen molar-refractivity contribution in [2.45, 2.75) is 18.9 Å². The standard InChI is InChI=1S/C14H14ClN3O2/c15-8-6-10-9(11(16)7-8)3-4-17-13(10)18-5-1-2-12(18)14(19)20/h3-4,6-7,12H,1-2,5,16H2,(H,19,20). The zero-order valence-corrected chi connectivity index (χ0v) is 11.5. The predicted molar refractivity (Wildman–Crippen MR) is 79.2 cm³/mol. The number of anilines is 2. The molecule has 0 aliphatic carbocycles. The van der Waals surface area contributed by atoms with Crippen molar-refractivity contribution in [1.82, 2.24) is 4.98 Å². The van der Waals surface area contributed by atoms with Crippen LogP contribution in [0.2, 0.25) is 5.02 Å². The van der Waals surface area contributed by atoms with Gasteiger partial charge in [-0.1, -0.05) is 11.6 Å². The van der Waals surface area contributed by atoms with Gasteiger partial charge in [0.1, 0.15) is 11.9 Å². The maximum Gasteiger partial charge on any atom is 0.326 e. The first-order chi connectivity index (χ1) is 9.58. The highest BCUT2D eigenvalue weighted by Gasteiger charge is 2.32. The number of fused-ring (bicyclic) bond motifs is 1. The van der Waals surface area contributed by atoms with E-state index in [1.807, 2.05) is 11.0 Å². The number of nitrogen functional groups attached to an aromatic ring is 1.